The minimum atomic E-state index is -3.58. The average Bonchev–Trinajstić information content (AvgIpc) is 2.99. The van der Waals surface area contributed by atoms with Crippen LogP contribution in [0.4, 0.5) is 5.69 Å². The maximum absolute atomic E-state index is 14.1. The van der Waals surface area contributed by atoms with Gasteiger partial charge in [0.1, 0.15) is 6.04 Å². The molecule has 7 nitrogen and oxygen atoms in total. The molecule has 0 aromatic heterocycles. The molecule has 3 aromatic rings. The van der Waals surface area contributed by atoms with Crippen molar-refractivity contribution in [2.75, 3.05) is 17.1 Å². The highest BCUT2D eigenvalue weighted by molar-refractivity contribution is 9.10. The number of sulfonamides is 1. The number of hydrogen-bond donors (Lipinski definition) is 1. The van der Waals surface area contributed by atoms with Crippen LogP contribution in [0.2, 0.25) is 0 Å². The van der Waals surface area contributed by atoms with Crippen molar-refractivity contribution in [2.24, 2.45) is 0 Å². The van der Waals surface area contributed by atoms with E-state index in [4.69, 9.17) is 0 Å². The molecular formula is C35H44BrN3O4S. The van der Waals surface area contributed by atoms with Crippen LogP contribution in [0.5, 0.6) is 0 Å². The quantitative estimate of drug-likeness (QED) is 0.218. The molecule has 2 amide bonds. The van der Waals surface area contributed by atoms with E-state index in [1.54, 1.807) is 11.0 Å². The summed E-state index contributed by atoms with van der Waals surface area (Å²) in [5.74, 6) is -0.323. The molecule has 4 rings (SSSR count). The highest BCUT2D eigenvalue weighted by Gasteiger charge is 2.32. The van der Waals surface area contributed by atoms with E-state index in [9.17, 15) is 18.0 Å². The first-order valence-corrected chi connectivity index (χ1v) is 18.1. The first-order valence-electron chi connectivity index (χ1n) is 15.4. The number of carbonyl (C=O) groups excluding carboxylic acids is 2. The fraction of sp³-hybridized carbons (Fsp3) is 0.429. The molecule has 0 unspecified atom stereocenters. The van der Waals surface area contributed by atoms with E-state index in [0.717, 1.165) is 52.4 Å². The molecule has 1 aliphatic rings. The van der Waals surface area contributed by atoms with Gasteiger partial charge in [0.25, 0.3) is 0 Å². The number of nitrogens with zero attached hydrogens (tertiary/aromatic N) is 2. The van der Waals surface area contributed by atoms with Gasteiger partial charge in [-0.05, 0) is 73.6 Å². The number of rotatable bonds is 13. The molecule has 0 bridgehead atoms. The second-order valence-electron chi connectivity index (χ2n) is 11.9. The Morgan fingerprint density at radius 1 is 0.932 bits per heavy atom. The first-order chi connectivity index (χ1) is 21.0. The van der Waals surface area contributed by atoms with E-state index >= 15 is 0 Å². The zero-order valence-corrected chi connectivity index (χ0v) is 28.4. The summed E-state index contributed by atoms with van der Waals surface area (Å²) in [4.78, 5) is 29.8. The van der Waals surface area contributed by atoms with Gasteiger partial charge in [0.2, 0.25) is 21.8 Å². The molecule has 1 fully saturated rings. The summed E-state index contributed by atoms with van der Waals surface area (Å²) in [7, 11) is -3.58. The van der Waals surface area contributed by atoms with E-state index in [2.05, 4.69) is 21.2 Å². The molecule has 236 valence electrons. The van der Waals surface area contributed by atoms with Crippen molar-refractivity contribution in [3.8, 4) is 0 Å². The topological polar surface area (TPSA) is 86.8 Å². The molecule has 9 heteroatoms. The van der Waals surface area contributed by atoms with Crippen molar-refractivity contribution in [1.82, 2.24) is 10.2 Å². The van der Waals surface area contributed by atoms with Crippen LogP contribution in [0.1, 0.15) is 67.2 Å². The number of amides is 2. The number of anilines is 1. The van der Waals surface area contributed by atoms with E-state index in [1.807, 2.05) is 80.6 Å². The summed E-state index contributed by atoms with van der Waals surface area (Å²) in [6.45, 7) is 4.29. The molecule has 1 aliphatic carbocycles. The van der Waals surface area contributed by atoms with Crippen LogP contribution >= 0.6 is 15.9 Å². The normalized spacial score (nSPS) is 14.5. The number of nitrogens with one attached hydrogen (secondary N) is 1. The van der Waals surface area contributed by atoms with Gasteiger partial charge in [-0.15, -0.1) is 0 Å². The fourth-order valence-electron chi connectivity index (χ4n) is 5.92. The van der Waals surface area contributed by atoms with Gasteiger partial charge in [-0.25, -0.2) is 8.42 Å². The molecule has 1 N–H and O–H groups in total. The maximum Gasteiger partial charge on any atom is 0.243 e. The third-order valence-electron chi connectivity index (χ3n) is 8.46. The Kier molecular flexibility index (Phi) is 12.0. The summed E-state index contributed by atoms with van der Waals surface area (Å²) < 4.78 is 28.0. The van der Waals surface area contributed by atoms with Crippen molar-refractivity contribution >= 4 is 43.5 Å². The standard InChI is InChI=1S/C35H44BrN3O4S/c1-26-13-10-20-32(27(26)2)39(44(3,42)43)22-12-21-34(40)38(25-29-16-11-17-30(36)23-29)33(24-28-14-6-4-7-15-28)35(41)37-31-18-8-5-9-19-31/h4,6-7,10-11,13-17,20,23,31,33H,5,8-9,12,18-19,21-22,24-25H2,1-3H3,(H,37,41)/t33-/m0/s1. The minimum absolute atomic E-state index is 0.104. The van der Waals surface area contributed by atoms with Crippen LogP contribution in [-0.2, 0) is 32.6 Å². The van der Waals surface area contributed by atoms with Crippen molar-refractivity contribution in [1.29, 1.82) is 0 Å². The molecule has 0 radical (unpaired) electrons. The summed E-state index contributed by atoms with van der Waals surface area (Å²) in [6, 6.07) is 22.6. The van der Waals surface area contributed by atoms with E-state index in [0.29, 0.717) is 18.5 Å². The van der Waals surface area contributed by atoms with Crippen LogP contribution in [0.3, 0.4) is 0 Å². The van der Waals surface area contributed by atoms with Gasteiger partial charge in [0.05, 0.1) is 11.9 Å². The number of carbonyl (C=O) groups is 2. The number of aryl methyl sites for hydroxylation is 1. The van der Waals surface area contributed by atoms with E-state index in [1.165, 1.54) is 17.0 Å². The lowest BCUT2D eigenvalue weighted by atomic mass is 9.94. The zero-order chi connectivity index (χ0) is 31.7. The Balaban J connectivity index is 1.60. The van der Waals surface area contributed by atoms with Gasteiger partial charge in [-0.2, -0.15) is 0 Å². The second kappa shape index (κ2) is 15.7. The van der Waals surface area contributed by atoms with E-state index in [-0.39, 0.29) is 37.4 Å². The van der Waals surface area contributed by atoms with Crippen molar-refractivity contribution in [3.05, 3.63) is 99.5 Å². The largest absolute Gasteiger partial charge is 0.352 e. The van der Waals surface area contributed by atoms with Crippen LogP contribution in [0.25, 0.3) is 0 Å². The van der Waals surface area contributed by atoms with Crippen LogP contribution < -0.4 is 9.62 Å². The van der Waals surface area contributed by atoms with Gasteiger partial charge < -0.3 is 10.2 Å². The average molecular weight is 683 g/mol. The molecule has 1 atom stereocenters. The lowest BCUT2D eigenvalue weighted by Gasteiger charge is -2.34. The highest BCUT2D eigenvalue weighted by Crippen LogP contribution is 2.26. The lowest BCUT2D eigenvalue weighted by molar-refractivity contribution is -0.141. The predicted molar refractivity (Wildman–Crippen MR) is 181 cm³/mol. The molecule has 44 heavy (non-hydrogen) atoms. The van der Waals surface area contributed by atoms with Gasteiger partial charge in [-0.1, -0.05) is 89.8 Å². The van der Waals surface area contributed by atoms with Gasteiger partial charge in [-0.3, -0.25) is 13.9 Å². The Bertz CT molecular complexity index is 1520. The molecule has 0 saturated heterocycles. The predicted octanol–water partition coefficient (Wildman–Crippen LogP) is 6.70. The van der Waals surface area contributed by atoms with Gasteiger partial charge in [0.15, 0.2) is 0 Å². The lowest BCUT2D eigenvalue weighted by Crippen LogP contribution is -2.53. The summed E-state index contributed by atoms with van der Waals surface area (Å²) >= 11 is 3.54. The Morgan fingerprint density at radius 2 is 1.61 bits per heavy atom. The van der Waals surface area contributed by atoms with Crippen molar-refractivity contribution in [3.63, 3.8) is 0 Å². The second-order valence-corrected chi connectivity index (χ2v) is 14.7. The summed E-state index contributed by atoms with van der Waals surface area (Å²) in [5.41, 5.74) is 4.40. The third kappa shape index (κ3) is 9.41. The molecular weight excluding hydrogens is 638 g/mol. The first kappa shape index (κ1) is 33.7. The van der Waals surface area contributed by atoms with Crippen LogP contribution in [0, 0.1) is 13.8 Å². The Labute approximate surface area is 271 Å². The van der Waals surface area contributed by atoms with Crippen molar-refractivity contribution in [2.45, 2.75) is 83.8 Å². The van der Waals surface area contributed by atoms with Crippen LogP contribution in [-0.4, -0.2) is 50.0 Å². The third-order valence-corrected chi connectivity index (χ3v) is 10.1. The molecule has 1 saturated carbocycles. The fourth-order valence-corrected chi connectivity index (χ4v) is 7.38. The molecule has 3 aromatic carbocycles. The summed E-state index contributed by atoms with van der Waals surface area (Å²) in [6.07, 6.45) is 7.26. The zero-order valence-electron chi connectivity index (χ0n) is 26.0. The molecule has 0 spiro atoms. The summed E-state index contributed by atoms with van der Waals surface area (Å²) in [5, 5.41) is 3.27. The highest BCUT2D eigenvalue weighted by atomic mass is 79.9. The van der Waals surface area contributed by atoms with Gasteiger partial charge >= 0.3 is 0 Å². The molecule has 0 aliphatic heterocycles. The Hall–Kier alpha value is -3.17. The smallest absolute Gasteiger partial charge is 0.243 e. The number of halogens is 1. The van der Waals surface area contributed by atoms with Crippen molar-refractivity contribution < 1.29 is 18.0 Å². The number of hydrogen-bond acceptors (Lipinski definition) is 4. The SMILES string of the molecule is Cc1cccc(N(CCCC(=O)N(Cc2cccc(Br)c2)[C@@H](Cc2ccccc2)C(=O)NC2CCCCC2)S(C)(=O)=O)c1C. The van der Waals surface area contributed by atoms with Crippen LogP contribution in [0.15, 0.2) is 77.3 Å². The van der Waals surface area contributed by atoms with E-state index < -0.39 is 16.1 Å². The monoisotopic (exact) mass is 681 g/mol. The molecule has 0 heterocycles. The minimum Gasteiger partial charge on any atom is -0.352 e. The Morgan fingerprint density at radius 3 is 2.30 bits per heavy atom. The maximum atomic E-state index is 14.1. The van der Waals surface area contributed by atoms with Gasteiger partial charge in [0, 0.05) is 36.4 Å². The number of benzene rings is 3.